The zero-order valence-electron chi connectivity index (χ0n) is 14.0. The first-order chi connectivity index (χ1) is 11.9. The molecule has 0 aromatic heterocycles. The monoisotopic (exact) mass is 365 g/mol. The molecule has 136 valence electrons. The minimum Gasteiger partial charge on any atom is -0.353 e. The van der Waals surface area contributed by atoms with Gasteiger partial charge in [-0.05, 0) is 31.4 Å². The Labute approximate surface area is 147 Å². The molecule has 1 aromatic carbocycles. The summed E-state index contributed by atoms with van der Waals surface area (Å²) in [5.41, 5.74) is 0.755. The number of urea groups is 1. The van der Waals surface area contributed by atoms with Crippen molar-refractivity contribution in [2.24, 2.45) is 5.92 Å². The second kappa shape index (κ2) is 7.43. The molecule has 2 fully saturated rings. The van der Waals surface area contributed by atoms with Crippen LogP contribution < -0.4 is 10.6 Å². The van der Waals surface area contributed by atoms with E-state index >= 15 is 0 Å². The van der Waals surface area contributed by atoms with Crippen LogP contribution in [0.25, 0.3) is 0 Å². The van der Waals surface area contributed by atoms with Gasteiger partial charge in [0.25, 0.3) is 0 Å². The average molecular weight is 365 g/mol. The van der Waals surface area contributed by atoms with E-state index in [-0.39, 0.29) is 29.5 Å². The Hall–Kier alpha value is -2.09. The van der Waals surface area contributed by atoms with Gasteiger partial charge in [0, 0.05) is 24.8 Å². The fourth-order valence-corrected chi connectivity index (χ4v) is 5.01. The van der Waals surface area contributed by atoms with E-state index in [9.17, 15) is 18.0 Å². The lowest BCUT2D eigenvalue weighted by molar-refractivity contribution is -0.125. The van der Waals surface area contributed by atoms with E-state index in [4.69, 9.17) is 0 Å². The number of para-hydroxylation sites is 1. The largest absolute Gasteiger partial charge is 0.353 e. The Morgan fingerprint density at radius 1 is 1.04 bits per heavy atom. The second-order valence-corrected chi connectivity index (χ2v) is 8.89. The molecule has 7 nitrogen and oxygen atoms in total. The number of piperidine rings is 1. The molecule has 1 atom stereocenters. The van der Waals surface area contributed by atoms with Crippen LogP contribution in [0.3, 0.4) is 0 Å². The topological polar surface area (TPSA) is 95.6 Å². The van der Waals surface area contributed by atoms with E-state index in [1.165, 1.54) is 0 Å². The SMILES string of the molecule is O=C(NC1CCN(C(=O)Nc2ccccc2)CC1)[C@H]1CCS(=O)(=O)C1. The van der Waals surface area contributed by atoms with E-state index in [0.29, 0.717) is 32.4 Å². The first kappa shape index (κ1) is 17.7. The summed E-state index contributed by atoms with van der Waals surface area (Å²) in [5, 5.41) is 5.80. The molecular formula is C17H23N3O4S. The van der Waals surface area contributed by atoms with Gasteiger partial charge in [-0.2, -0.15) is 0 Å². The van der Waals surface area contributed by atoms with Crippen LogP contribution in [-0.4, -0.2) is 55.9 Å². The van der Waals surface area contributed by atoms with Crippen molar-refractivity contribution in [1.82, 2.24) is 10.2 Å². The average Bonchev–Trinajstić information content (AvgIpc) is 2.96. The van der Waals surface area contributed by atoms with Crippen molar-refractivity contribution in [1.29, 1.82) is 0 Å². The molecule has 25 heavy (non-hydrogen) atoms. The molecule has 0 saturated carbocycles. The van der Waals surface area contributed by atoms with Crippen molar-refractivity contribution in [3.8, 4) is 0 Å². The van der Waals surface area contributed by atoms with Gasteiger partial charge in [-0.3, -0.25) is 4.79 Å². The van der Waals surface area contributed by atoms with Crippen LogP contribution in [0, 0.1) is 5.92 Å². The summed E-state index contributed by atoms with van der Waals surface area (Å²) in [7, 11) is -3.05. The Kier molecular flexibility index (Phi) is 5.27. The molecule has 2 saturated heterocycles. The first-order valence-corrected chi connectivity index (χ1v) is 10.4. The molecule has 0 radical (unpaired) electrons. The van der Waals surface area contributed by atoms with Crippen LogP contribution in [0.5, 0.6) is 0 Å². The summed E-state index contributed by atoms with van der Waals surface area (Å²) in [6.45, 7) is 1.12. The van der Waals surface area contributed by atoms with Crippen LogP contribution in [0.2, 0.25) is 0 Å². The van der Waals surface area contributed by atoms with Crippen molar-refractivity contribution in [3.05, 3.63) is 30.3 Å². The third-order valence-electron chi connectivity index (χ3n) is 4.76. The van der Waals surface area contributed by atoms with Gasteiger partial charge in [0.05, 0.1) is 17.4 Å². The molecule has 3 amide bonds. The molecule has 0 aliphatic carbocycles. The molecule has 0 bridgehead atoms. The second-order valence-electron chi connectivity index (χ2n) is 6.67. The van der Waals surface area contributed by atoms with Crippen molar-refractivity contribution in [2.75, 3.05) is 29.9 Å². The third-order valence-corrected chi connectivity index (χ3v) is 6.52. The number of rotatable bonds is 3. The molecule has 2 heterocycles. The van der Waals surface area contributed by atoms with E-state index in [0.717, 1.165) is 5.69 Å². The highest BCUT2D eigenvalue weighted by Crippen LogP contribution is 2.20. The maximum atomic E-state index is 12.2. The first-order valence-electron chi connectivity index (χ1n) is 8.55. The van der Waals surface area contributed by atoms with Crippen LogP contribution in [0.1, 0.15) is 19.3 Å². The zero-order valence-corrected chi connectivity index (χ0v) is 14.8. The van der Waals surface area contributed by atoms with E-state index < -0.39 is 15.8 Å². The molecule has 2 aliphatic heterocycles. The molecule has 2 N–H and O–H groups in total. The Morgan fingerprint density at radius 3 is 2.32 bits per heavy atom. The van der Waals surface area contributed by atoms with Gasteiger partial charge >= 0.3 is 6.03 Å². The van der Waals surface area contributed by atoms with Gasteiger partial charge in [-0.25, -0.2) is 13.2 Å². The number of carbonyl (C=O) groups excluding carboxylic acids is 2. The van der Waals surface area contributed by atoms with E-state index in [1.807, 2.05) is 30.3 Å². The highest BCUT2D eigenvalue weighted by molar-refractivity contribution is 7.91. The fourth-order valence-electron chi connectivity index (χ4n) is 3.27. The van der Waals surface area contributed by atoms with E-state index in [2.05, 4.69) is 10.6 Å². The standard InChI is InChI=1S/C17H23N3O4S/c21-16(13-8-11-25(23,24)12-13)18-15-6-9-20(10-7-15)17(22)19-14-4-2-1-3-5-14/h1-5,13,15H,6-12H2,(H,18,21)(H,19,22)/t13-/m0/s1. The molecule has 2 aliphatic rings. The minimum absolute atomic E-state index is 0.00317. The van der Waals surface area contributed by atoms with Crippen molar-refractivity contribution in [3.63, 3.8) is 0 Å². The van der Waals surface area contributed by atoms with Gasteiger partial charge in [-0.15, -0.1) is 0 Å². The molecule has 8 heteroatoms. The number of likely N-dealkylation sites (tertiary alicyclic amines) is 1. The van der Waals surface area contributed by atoms with Crippen molar-refractivity contribution in [2.45, 2.75) is 25.3 Å². The quantitative estimate of drug-likeness (QED) is 0.842. The van der Waals surface area contributed by atoms with Crippen LogP contribution in [-0.2, 0) is 14.6 Å². The molecular weight excluding hydrogens is 342 g/mol. The smallest absolute Gasteiger partial charge is 0.321 e. The highest BCUT2D eigenvalue weighted by atomic mass is 32.2. The van der Waals surface area contributed by atoms with Crippen LogP contribution in [0.4, 0.5) is 10.5 Å². The molecule has 1 aromatic rings. The minimum atomic E-state index is -3.05. The maximum absolute atomic E-state index is 12.2. The number of sulfone groups is 1. The lowest BCUT2D eigenvalue weighted by Crippen LogP contribution is -2.49. The number of carbonyl (C=O) groups is 2. The number of nitrogens with one attached hydrogen (secondary N) is 2. The predicted octanol–water partition coefficient (Wildman–Crippen LogP) is 1.23. The molecule has 0 unspecified atom stereocenters. The van der Waals surface area contributed by atoms with Gasteiger partial charge in [0.15, 0.2) is 9.84 Å². The van der Waals surface area contributed by atoms with Crippen LogP contribution in [0.15, 0.2) is 30.3 Å². The Balaban J connectivity index is 1.44. The number of nitrogens with zero attached hydrogens (tertiary/aromatic N) is 1. The van der Waals surface area contributed by atoms with E-state index in [1.54, 1.807) is 4.90 Å². The summed E-state index contributed by atoms with van der Waals surface area (Å²) in [6, 6.07) is 9.14. The lowest BCUT2D eigenvalue weighted by atomic mass is 10.0. The number of hydrogen-bond acceptors (Lipinski definition) is 4. The summed E-state index contributed by atoms with van der Waals surface area (Å²) >= 11 is 0. The fraction of sp³-hybridized carbons (Fsp3) is 0.529. The van der Waals surface area contributed by atoms with Gasteiger partial charge in [0.2, 0.25) is 5.91 Å². The Bertz CT molecular complexity index is 728. The van der Waals surface area contributed by atoms with Gasteiger partial charge in [0.1, 0.15) is 0 Å². The van der Waals surface area contributed by atoms with Gasteiger partial charge < -0.3 is 15.5 Å². The number of benzene rings is 1. The summed E-state index contributed by atoms with van der Waals surface area (Å²) in [6.07, 6.45) is 1.76. The van der Waals surface area contributed by atoms with Crippen molar-refractivity contribution < 1.29 is 18.0 Å². The van der Waals surface area contributed by atoms with Crippen molar-refractivity contribution >= 4 is 27.5 Å². The Morgan fingerprint density at radius 2 is 1.72 bits per heavy atom. The molecule has 0 spiro atoms. The lowest BCUT2D eigenvalue weighted by Gasteiger charge is -2.32. The zero-order chi connectivity index (χ0) is 17.9. The highest BCUT2D eigenvalue weighted by Gasteiger charge is 2.34. The summed E-state index contributed by atoms with van der Waals surface area (Å²) < 4.78 is 22.9. The van der Waals surface area contributed by atoms with Gasteiger partial charge in [-0.1, -0.05) is 18.2 Å². The van der Waals surface area contributed by atoms with Crippen LogP contribution >= 0.6 is 0 Å². The summed E-state index contributed by atoms with van der Waals surface area (Å²) in [4.78, 5) is 26.2. The number of amides is 3. The third kappa shape index (κ3) is 4.72. The number of anilines is 1. The number of hydrogen-bond donors (Lipinski definition) is 2. The molecule has 3 rings (SSSR count). The predicted molar refractivity (Wildman–Crippen MR) is 95.0 cm³/mol. The normalized spacial score (nSPS) is 23.2. The summed E-state index contributed by atoms with van der Waals surface area (Å²) in [5.74, 6) is -0.543. The maximum Gasteiger partial charge on any atom is 0.321 e.